The predicted molar refractivity (Wildman–Crippen MR) is 156 cm³/mol. The van der Waals surface area contributed by atoms with Gasteiger partial charge < -0.3 is 0 Å². The summed E-state index contributed by atoms with van der Waals surface area (Å²) in [5.74, 6) is 2.18. The minimum absolute atomic E-state index is 1.06. The first-order valence-electron chi connectivity index (χ1n) is 11.0. The van der Waals surface area contributed by atoms with Gasteiger partial charge in [-0.15, -0.1) is 58.8 Å². The van der Waals surface area contributed by atoms with Crippen LogP contribution in [0.5, 0.6) is 0 Å². The molecule has 0 saturated heterocycles. The standard InChI is InChI=1S/C27H30S5/c1-7-16-10-17-18(11-23(16)28-4)21-14-26(31-8-2)25(30-6)13-20(21)22-15-27(32-9-3)24(29-5)12-19(17)22/h10-15H,7-9H2,1-6H3. The highest BCUT2D eigenvalue weighted by molar-refractivity contribution is 8.02. The van der Waals surface area contributed by atoms with E-state index in [2.05, 4.69) is 75.9 Å². The van der Waals surface area contributed by atoms with Crippen LogP contribution in [0.3, 0.4) is 0 Å². The Balaban J connectivity index is 2.25. The van der Waals surface area contributed by atoms with E-state index in [1.54, 1.807) is 0 Å². The monoisotopic (exact) mass is 514 g/mol. The quantitative estimate of drug-likeness (QED) is 0.169. The molecule has 0 amide bonds. The van der Waals surface area contributed by atoms with Gasteiger partial charge in [-0.2, -0.15) is 0 Å². The average Bonchev–Trinajstić information content (AvgIpc) is 2.83. The molecule has 0 aliphatic carbocycles. The maximum Gasteiger partial charge on any atom is 0.0214 e. The van der Waals surface area contributed by atoms with Gasteiger partial charge in [0.2, 0.25) is 0 Å². The first-order chi connectivity index (χ1) is 15.6. The van der Waals surface area contributed by atoms with E-state index < -0.39 is 0 Å². The van der Waals surface area contributed by atoms with Crippen LogP contribution in [0.25, 0.3) is 32.3 Å². The SMILES string of the molecule is CCSc1cc2c3cc(SC)c(CC)cc3c3cc(SC)c(SCC)cc3c2cc1SC. The van der Waals surface area contributed by atoms with Gasteiger partial charge in [0.05, 0.1) is 0 Å². The Morgan fingerprint density at radius 1 is 0.469 bits per heavy atom. The molecule has 4 aromatic carbocycles. The van der Waals surface area contributed by atoms with Crippen molar-refractivity contribution >= 4 is 91.1 Å². The normalized spacial score (nSPS) is 11.8. The van der Waals surface area contributed by atoms with Crippen molar-refractivity contribution < 1.29 is 0 Å². The molecule has 0 spiro atoms. The van der Waals surface area contributed by atoms with Gasteiger partial charge in [-0.25, -0.2) is 0 Å². The lowest BCUT2D eigenvalue weighted by molar-refractivity contribution is 1.09. The van der Waals surface area contributed by atoms with Crippen molar-refractivity contribution in [3.8, 4) is 0 Å². The molecule has 0 aromatic heterocycles. The molecule has 0 nitrogen and oxygen atoms in total. The first kappa shape index (κ1) is 24.5. The van der Waals surface area contributed by atoms with Crippen LogP contribution in [-0.4, -0.2) is 30.3 Å². The van der Waals surface area contributed by atoms with E-state index in [4.69, 9.17) is 0 Å². The molecule has 4 aromatic rings. The Kier molecular flexibility index (Phi) is 8.26. The third-order valence-corrected chi connectivity index (χ3v) is 10.4. The maximum atomic E-state index is 2.47. The lowest BCUT2D eigenvalue weighted by Gasteiger charge is -2.18. The largest absolute Gasteiger partial charge is 0.129 e. The number of hydrogen-bond donors (Lipinski definition) is 0. The van der Waals surface area contributed by atoms with E-state index in [-0.39, 0.29) is 0 Å². The topological polar surface area (TPSA) is 0 Å². The summed E-state index contributed by atoms with van der Waals surface area (Å²) >= 11 is 9.52. The number of fused-ring (bicyclic) bond motifs is 6. The van der Waals surface area contributed by atoms with Crippen LogP contribution < -0.4 is 0 Å². The van der Waals surface area contributed by atoms with Crippen LogP contribution in [0.1, 0.15) is 26.3 Å². The zero-order chi connectivity index (χ0) is 22.8. The van der Waals surface area contributed by atoms with E-state index in [1.165, 1.54) is 62.4 Å². The summed E-state index contributed by atoms with van der Waals surface area (Å²) < 4.78 is 0. The third kappa shape index (κ3) is 4.40. The van der Waals surface area contributed by atoms with E-state index in [0.717, 1.165) is 17.9 Å². The molecule has 0 heterocycles. The average molecular weight is 515 g/mol. The Labute approximate surface area is 213 Å². The smallest absolute Gasteiger partial charge is 0.0214 e. The second-order valence-corrected chi connectivity index (χ2v) is 12.7. The molecular weight excluding hydrogens is 485 g/mol. The number of thioether (sulfide) groups is 5. The molecule has 0 atom stereocenters. The molecule has 0 aliphatic heterocycles. The Hall–Kier alpha value is -0.590. The van der Waals surface area contributed by atoms with Crippen molar-refractivity contribution in [3.63, 3.8) is 0 Å². The second-order valence-electron chi connectivity index (χ2n) is 7.53. The lowest BCUT2D eigenvalue weighted by Crippen LogP contribution is -1.92. The maximum absolute atomic E-state index is 2.47. The Bertz CT molecular complexity index is 1250. The van der Waals surface area contributed by atoms with Crippen LogP contribution in [0.15, 0.2) is 60.9 Å². The fourth-order valence-electron chi connectivity index (χ4n) is 4.40. The van der Waals surface area contributed by atoms with Gasteiger partial charge in [0.25, 0.3) is 0 Å². The summed E-state index contributed by atoms with van der Waals surface area (Å²) in [5.41, 5.74) is 1.45. The van der Waals surface area contributed by atoms with E-state index >= 15 is 0 Å². The molecular formula is C27H30S5. The highest BCUT2D eigenvalue weighted by atomic mass is 32.2. The van der Waals surface area contributed by atoms with Gasteiger partial charge in [-0.1, -0.05) is 20.8 Å². The van der Waals surface area contributed by atoms with Gasteiger partial charge in [0.1, 0.15) is 0 Å². The van der Waals surface area contributed by atoms with Gasteiger partial charge in [0, 0.05) is 24.5 Å². The summed E-state index contributed by atoms with van der Waals surface area (Å²) in [7, 11) is 0. The molecule has 0 unspecified atom stereocenters. The third-order valence-electron chi connectivity index (χ3n) is 5.88. The highest BCUT2D eigenvalue weighted by Gasteiger charge is 2.16. The summed E-state index contributed by atoms with van der Waals surface area (Å²) in [6, 6.07) is 14.7. The Morgan fingerprint density at radius 3 is 1.16 bits per heavy atom. The molecule has 0 fully saturated rings. The summed E-state index contributed by atoms with van der Waals surface area (Å²) in [4.78, 5) is 6.99. The van der Waals surface area contributed by atoms with Crippen molar-refractivity contribution in [2.45, 2.75) is 51.7 Å². The zero-order valence-corrected chi connectivity index (χ0v) is 23.7. The lowest BCUT2D eigenvalue weighted by atomic mass is 9.93. The van der Waals surface area contributed by atoms with Gasteiger partial charge in [-0.05, 0) is 111 Å². The van der Waals surface area contributed by atoms with Crippen LogP contribution in [0.2, 0.25) is 0 Å². The van der Waals surface area contributed by atoms with Crippen LogP contribution in [0.4, 0.5) is 0 Å². The van der Waals surface area contributed by atoms with Crippen molar-refractivity contribution in [2.24, 2.45) is 0 Å². The van der Waals surface area contributed by atoms with E-state index in [0.29, 0.717) is 0 Å². The second kappa shape index (κ2) is 10.8. The molecule has 0 N–H and O–H groups in total. The summed E-state index contributed by atoms with van der Waals surface area (Å²) in [6.45, 7) is 6.76. The van der Waals surface area contributed by atoms with Crippen LogP contribution in [0, 0.1) is 0 Å². The van der Waals surface area contributed by atoms with Gasteiger partial charge in [-0.3, -0.25) is 0 Å². The number of rotatable bonds is 8. The highest BCUT2D eigenvalue weighted by Crippen LogP contribution is 2.45. The van der Waals surface area contributed by atoms with Crippen molar-refractivity contribution in [2.75, 3.05) is 30.3 Å². The predicted octanol–water partition coefficient (Wildman–Crippen LogP) is 10.1. The van der Waals surface area contributed by atoms with Crippen molar-refractivity contribution in [1.29, 1.82) is 0 Å². The van der Waals surface area contributed by atoms with Crippen LogP contribution >= 0.6 is 58.8 Å². The fourth-order valence-corrected chi connectivity index (χ4v) is 8.38. The minimum Gasteiger partial charge on any atom is -0.129 e. The minimum atomic E-state index is 1.06. The van der Waals surface area contributed by atoms with Crippen molar-refractivity contribution in [3.05, 3.63) is 42.0 Å². The number of aryl methyl sites for hydroxylation is 1. The number of benzene rings is 4. The Morgan fingerprint density at radius 2 is 0.812 bits per heavy atom. The molecule has 0 bridgehead atoms. The van der Waals surface area contributed by atoms with Crippen LogP contribution in [-0.2, 0) is 6.42 Å². The molecule has 0 aliphatic rings. The summed E-state index contributed by atoms with van der Waals surface area (Å²) in [6.07, 6.45) is 7.67. The first-order valence-corrected chi connectivity index (χ1v) is 16.7. The molecule has 168 valence electrons. The number of hydrogen-bond acceptors (Lipinski definition) is 5. The van der Waals surface area contributed by atoms with Gasteiger partial charge in [0.15, 0.2) is 0 Å². The summed E-state index contributed by atoms with van der Waals surface area (Å²) in [5, 5.41) is 8.35. The fraction of sp³-hybridized carbons (Fsp3) is 0.333. The molecule has 4 rings (SSSR count). The van der Waals surface area contributed by atoms with Crippen molar-refractivity contribution in [1.82, 2.24) is 0 Å². The molecule has 0 saturated carbocycles. The van der Waals surface area contributed by atoms with E-state index in [1.807, 2.05) is 58.8 Å². The molecule has 0 radical (unpaired) electrons. The molecule has 32 heavy (non-hydrogen) atoms. The zero-order valence-electron chi connectivity index (χ0n) is 19.6. The molecule has 5 heteroatoms. The van der Waals surface area contributed by atoms with Gasteiger partial charge >= 0.3 is 0 Å². The van der Waals surface area contributed by atoms with E-state index in [9.17, 15) is 0 Å².